The van der Waals surface area contributed by atoms with Crippen LogP contribution in [0.5, 0.6) is 0 Å². The summed E-state index contributed by atoms with van der Waals surface area (Å²) in [6, 6.07) is -1.43. The predicted octanol–water partition coefficient (Wildman–Crippen LogP) is -2.38. The van der Waals surface area contributed by atoms with Crippen LogP contribution in [0.2, 0.25) is 0 Å². The first-order chi connectivity index (χ1) is 16.6. The molecule has 2 fully saturated rings. The third-order valence-corrected chi connectivity index (χ3v) is 6.66. The lowest BCUT2D eigenvalue weighted by atomic mass is 9.92. The molecule has 0 spiro atoms. The second-order valence-corrected chi connectivity index (χ2v) is 9.28. The molecule has 13 heteroatoms. The van der Waals surface area contributed by atoms with Crippen molar-refractivity contribution in [2.75, 3.05) is 13.2 Å². The first kappa shape index (κ1) is 28.2. The van der Waals surface area contributed by atoms with Crippen LogP contribution in [0.25, 0.3) is 0 Å². The highest BCUT2D eigenvalue weighted by atomic mass is 16.8. The molecule has 11 atom stereocenters. The molecule has 8 unspecified atom stereocenters. The molecule has 13 nitrogen and oxygen atoms in total. The molecule has 2 aliphatic heterocycles. The van der Waals surface area contributed by atoms with E-state index in [0.29, 0.717) is 12.8 Å². The number of carbonyl (C=O) groups is 1. The molecule has 0 aromatic heterocycles. The molecule has 8 N–H and O–H groups in total. The fraction of sp³-hybridized carbons (Fsp3) is 0.864. The lowest BCUT2D eigenvalue weighted by Gasteiger charge is -2.50. The number of hydrogen-bond donors (Lipinski definition) is 8. The number of nitrogens with one attached hydrogen (secondary N) is 1. The molecular formula is C22H37NO12. The number of carbonyl (C=O) groups excluding carboxylic acids is 1. The van der Waals surface area contributed by atoms with Crippen molar-refractivity contribution in [2.45, 2.75) is 106 Å². The van der Waals surface area contributed by atoms with Gasteiger partial charge in [0.1, 0.15) is 54.9 Å². The van der Waals surface area contributed by atoms with Crippen molar-refractivity contribution >= 4 is 6.09 Å². The van der Waals surface area contributed by atoms with Gasteiger partial charge in [-0.05, 0) is 39.0 Å². The number of rotatable bonds is 6. The molecular weight excluding hydrogens is 470 g/mol. The van der Waals surface area contributed by atoms with Crippen LogP contribution in [-0.2, 0) is 18.9 Å². The van der Waals surface area contributed by atoms with Crippen molar-refractivity contribution in [1.82, 2.24) is 5.32 Å². The molecule has 3 aliphatic rings. The molecule has 0 bridgehead atoms. The Balaban J connectivity index is 1.76. The number of allylic oxidation sites excluding steroid dienone is 2. The smallest absolute Gasteiger partial charge is 0.407 e. The molecule has 2 heterocycles. The lowest BCUT2D eigenvalue weighted by molar-refractivity contribution is -0.407. The SMILES string of the molecule is C[C@]1(O[C@H]2O[C@H](CO)C(O)C(O)C2NC(=O)OC2CC/C=C/CCC2)OC(CO)C(O)C(O)C1O. The van der Waals surface area contributed by atoms with Gasteiger partial charge in [-0.3, -0.25) is 0 Å². The highest BCUT2D eigenvalue weighted by molar-refractivity contribution is 5.68. The van der Waals surface area contributed by atoms with E-state index >= 15 is 0 Å². The van der Waals surface area contributed by atoms with Gasteiger partial charge in [0.05, 0.1) is 13.2 Å². The van der Waals surface area contributed by atoms with E-state index in [9.17, 15) is 40.5 Å². The summed E-state index contributed by atoms with van der Waals surface area (Å²) in [4.78, 5) is 12.7. The molecule has 1 amide bonds. The van der Waals surface area contributed by atoms with E-state index in [4.69, 9.17) is 18.9 Å². The van der Waals surface area contributed by atoms with Crippen LogP contribution < -0.4 is 5.32 Å². The minimum absolute atomic E-state index is 0.362. The van der Waals surface area contributed by atoms with Crippen LogP contribution in [0.15, 0.2) is 12.2 Å². The van der Waals surface area contributed by atoms with Gasteiger partial charge >= 0.3 is 6.09 Å². The van der Waals surface area contributed by atoms with Crippen LogP contribution in [0.1, 0.15) is 39.0 Å². The van der Waals surface area contributed by atoms with Gasteiger partial charge in [0.2, 0.25) is 0 Å². The molecule has 2 saturated heterocycles. The van der Waals surface area contributed by atoms with E-state index in [1.165, 1.54) is 6.92 Å². The summed E-state index contributed by atoms with van der Waals surface area (Å²) in [7, 11) is 0. The van der Waals surface area contributed by atoms with E-state index in [1.54, 1.807) is 0 Å². The number of aliphatic hydroxyl groups excluding tert-OH is 7. The first-order valence-corrected chi connectivity index (χ1v) is 11.9. The average Bonchev–Trinajstić information content (AvgIpc) is 2.81. The van der Waals surface area contributed by atoms with Gasteiger partial charge in [-0.1, -0.05) is 12.2 Å². The molecule has 1 aliphatic carbocycles. The number of ether oxygens (including phenoxy) is 4. The maximum atomic E-state index is 12.7. The Morgan fingerprint density at radius 1 is 0.971 bits per heavy atom. The molecule has 0 saturated carbocycles. The Hall–Kier alpha value is -1.39. The van der Waals surface area contributed by atoms with Crippen molar-refractivity contribution in [1.29, 1.82) is 0 Å². The Morgan fingerprint density at radius 2 is 1.63 bits per heavy atom. The van der Waals surface area contributed by atoms with E-state index < -0.39 is 80.2 Å². The van der Waals surface area contributed by atoms with E-state index in [0.717, 1.165) is 19.3 Å². The fourth-order valence-electron chi connectivity index (χ4n) is 4.53. The maximum absolute atomic E-state index is 12.7. The summed E-state index contributed by atoms with van der Waals surface area (Å²) in [5, 5.41) is 73.2. The van der Waals surface area contributed by atoms with Crippen LogP contribution in [0.3, 0.4) is 0 Å². The topological polar surface area (TPSA) is 208 Å². The first-order valence-electron chi connectivity index (χ1n) is 11.9. The number of amides is 1. The summed E-state index contributed by atoms with van der Waals surface area (Å²) in [6.45, 7) is -0.201. The van der Waals surface area contributed by atoms with Crippen LogP contribution in [0.4, 0.5) is 4.79 Å². The largest absolute Gasteiger partial charge is 0.446 e. The normalized spacial score (nSPS) is 45.7. The Kier molecular flexibility index (Phi) is 9.85. The summed E-state index contributed by atoms with van der Waals surface area (Å²) < 4.78 is 22.3. The molecule has 0 aromatic rings. The molecule has 202 valence electrons. The molecule has 3 rings (SSSR count). The second kappa shape index (κ2) is 12.2. The molecule has 35 heavy (non-hydrogen) atoms. The molecule has 0 radical (unpaired) electrons. The second-order valence-electron chi connectivity index (χ2n) is 9.28. The van der Waals surface area contributed by atoms with Crippen LogP contribution in [-0.4, -0.2) is 122 Å². The van der Waals surface area contributed by atoms with E-state index in [-0.39, 0.29) is 6.10 Å². The number of alkyl carbamates (subject to hydrolysis) is 1. The third-order valence-electron chi connectivity index (χ3n) is 6.66. The highest BCUT2D eigenvalue weighted by Gasteiger charge is 2.55. The van der Waals surface area contributed by atoms with Gasteiger partial charge in [-0.15, -0.1) is 0 Å². The van der Waals surface area contributed by atoms with Crippen molar-refractivity contribution in [2.24, 2.45) is 0 Å². The molecule has 0 aromatic carbocycles. The van der Waals surface area contributed by atoms with Crippen LogP contribution in [0, 0.1) is 0 Å². The Morgan fingerprint density at radius 3 is 2.31 bits per heavy atom. The minimum Gasteiger partial charge on any atom is -0.446 e. The summed E-state index contributed by atoms with van der Waals surface area (Å²) in [5.41, 5.74) is 0. The predicted molar refractivity (Wildman–Crippen MR) is 117 cm³/mol. The Bertz CT molecular complexity index is 723. The zero-order chi connectivity index (χ0) is 25.8. The maximum Gasteiger partial charge on any atom is 0.407 e. The quantitative estimate of drug-likeness (QED) is 0.177. The van der Waals surface area contributed by atoms with E-state index in [2.05, 4.69) is 11.4 Å². The van der Waals surface area contributed by atoms with Gasteiger partial charge in [0.25, 0.3) is 0 Å². The average molecular weight is 508 g/mol. The lowest BCUT2D eigenvalue weighted by Crippen LogP contribution is -2.70. The number of hydrogen-bond acceptors (Lipinski definition) is 12. The van der Waals surface area contributed by atoms with E-state index in [1.807, 2.05) is 6.08 Å². The van der Waals surface area contributed by atoms with Gasteiger partial charge in [0.15, 0.2) is 12.1 Å². The van der Waals surface area contributed by atoms with Crippen molar-refractivity contribution in [3.63, 3.8) is 0 Å². The fourth-order valence-corrected chi connectivity index (χ4v) is 4.53. The van der Waals surface area contributed by atoms with Crippen LogP contribution >= 0.6 is 0 Å². The van der Waals surface area contributed by atoms with Gasteiger partial charge in [-0.2, -0.15) is 0 Å². The standard InChI is InChI=1S/C22H37NO12/c1-22(19(30)18(29)16(27)13(10-25)34-22)35-20-14(17(28)15(26)12(9-24)33-20)23-21(31)32-11-7-5-3-2-4-6-8-11/h2-3,11-20,24-30H,4-10H2,1H3,(H,23,31)/b3-2+/t11?,12-,13?,14?,15?,16?,17?,18?,19?,20-,22-/m1/s1. The minimum atomic E-state index is -2.07. The summed E-state index contributed by atoms with van der Waals surface area (Å²) in [5.74, 6) is -2.07. The zero-order valence-corrected chi connectivity index (χ0v) is 19.5. The zero-order valence-electron chi connectivity index (χ0n) is 19.5. The summed E-state index contributed by atoms with van der Waals surface area (Å²) >= 11 is 0. The summed E-state index contributed by atoms with van der Waals surface area (Å²) in [6.07, 6.45) is -6.15. The number of aliphatic hydroxyl groups is 7. The van der Waals surface area contributed by atoms with Crippen molar-refractivity contribution in [3.05, 3.63) is 12.2 Å². The van der Waals surface area contributed by atoms with Gasteiger partial charge in [0, 0.05) is 0 Å². The van der Waals surface area contributed by atoms with Crippen molar-refractivity contribution < 1.29 is 59.5 Å². The van der Waals surface area contributed by atoms with Gasteiger partial charge in [-0.25, -0.2) is 4.79 Å². The van der Waals surface area contributed by atoms with Gasteiger partial charge < -0.3 is 60.0 Å². The highest BCUT2D eigenvalue weighted by Crippen LogP contribution is 2.35. The monoisotopic (exact) mass is 507 g/mol. The Labute approximate surface area is 202 Å². The van der Waals surface area contributed by atoms with Crippen molar-refractivity contribution in [3.8, 4) is 0 Å². The third kappa shape index (κ3) is 6.49.